The molecule has 3 rings (SSSR count). The topological polar surface area (TPSA) is 66.5 Å². The van der Waals surface area contributed by atoms with Crippen molar-refractivity contribution in [3.8, 4) is 0 Å². The molecule has 0 aliphatic heterocycles. The van der Waals surface area contributed by atoms with Crippen molar-refractivity contribution in [2.75, 3.05) is 16.7 Å². The van der Waals surface area contributed by atoms with Crippen LogP contribution in [-0.4, -0.2) is 21.4 Å². The van der Waals surface area contributed by atoms with E-state index in [1.54, 1.807) is 36.4 Å². The lowest BCUT2D eigenvalue weighted by Crippen LogP contribution is -2.26. The number of hydrogen-bond acceptors (Lipinski definition) is 3. The second kappa shape index (κ2) is 8.27. The molecule has 0 aromatic heterocycles. The van der Waals surface area contributed by atoms with E-state index in [2.05, 4.69) is 12.2 Å². The van der Waals surface area contributed by atoms with Crippen molar-refractivity contribution in [2.45, 2.75) is 18.2 Å². The number of sulfonamides is 1. The summed E-state index contributed by atoms with van der Waals surface area (Å²) in [5, 5.41) is 2.80. The molecule has 0 saturated carbocycles. The Morgan fingerprint density at radius 2 is 1.61 bits per heavy atom. The first-order chi connectivity index (χ1) is 13.4. The molecule has 28 heavy (non-hydrogen) atoms. The lowest BCUT2D eigenvalue weighted by atomic mass is 10.1. The van der Waals surface area contributed by atoms with E-state index in [4.69, 9.17) is 0 Å². The minimum absolute atomic E-state index is 0.0628. The Balaban J connectivity index is 1.83. The number of benzene rings is 3. The third kappa shape index (κ3) is 4.23. The molecule has 1 amide bonds. The lowest BCUT2D eigenvalue weighted by molar-refractivity contribution is 0.102. The van der Waals surface area contributed by atoms with Gasteiger partial charge >= 0.3 is 0 Å². The van der Waals surface area contributed by atoms with Crippen LogP contribution in [0.3, 0.4) is 0 Å². The van der Waals surface area contributed by atoms with Crippen molar-refractivity contribution in [3.05, 3.63) is 90.0 Å². The predicted molar refractivity (Wildman–Crippen MR) is 112 cm³/mol. The van der Waals surface area contributed by atoms with Crippen LogP contribution in [0.4, 0.5) is 11.4 Å². The molecule has 0 atom stereocenters. The van der Waals surface area contributed by atoms with Crippen molar-refractivity contribution < 1.29 is 13.2 Å². The Bertz CT molecular complexity index is 1060. The van der Waals surface area contributed by atoms with Crippen molar-refractivity contribution >= 4 is 27.3 Å². The third-order valence-corrected chi connectivity index (χ3v) is 6.28. The highest BCUT2D eigenvalue weighted by Gasteiger charge is 2.22. The van der Waals surface area contributed by atoms with Gasteiger partial charge in [-0.2, -0.15) is 0 Å². The smallest absolute Gasteiger partial charge is 0.264 e. The fraction of sp³-hybridized carbons (Fsp3) is 0.136. The molecule has 3 aromatic rings. The van der Waals surface area contributed by atoms with Gasteiger partial charge in [-0.3, -0.25) is 9.10 Å². The summed E-state index contributed by atoms with van der Waals surface area (Å²) in [6, 6.07) is 22.4. The Morgan fingerprint density at radius 1 is 0.929 bits per heavy atom. The predicted octanol–water partition coefficient (Wildman–Crippen LogP) is 4.33. The summed E-state index contributed by atoms with van der Waals surface area (Å²) in [5.74, 6) is -0.358. The molecular formula is C22H22N2O3S. The molecule has 6 heteroatoms. The normalized spacial score (nSPS) is 11.1. The van der Waals surface area contributed by atoms with Gasteiger partial charge in [-0.1, -0.05) is 43.3 Å². The van der Waals surface area contributed by atoms with Gasteiger partial charge in [0.25, 0.3) is 15.9 Å². The molecule has 0 saturated heterocycles. The summed E-state index contributed by atoms with van der Waals surface area (Å²) in [5.41, 5.74) is 2.67. The molecule has 0 spiro atoms. The highest BCUT2D eigenvalue weighted by atomic mass is 32.2. The van der Waals surface area contributed by atoms with Crippen molar-refractivity contribution in [2.24, 2.45) is 0 Å². The molecule has 0 radical (unpaired) electrons. The second-order valence-corrected chi connectivity index (χ2v) is 8.31. The maximum absolute atomic E-state index is 12.9. The molecule has 0 fully saturated rings. The largest absolute Gasteiger partial charge is 0.322 e. The fourth-order valence-electron chi connectivity index (χ4n) is 2.76. The number of amides is 1. The minimum atomic E-state index is -3.78. The summed E-state index contributed by atoms with van der Waals surface area (Å²) in [6.45, 7) is 2.06. The standard InChI is InChI=1S/C22H22N2O3S/c1-3-17-12-14-19(15-13-17)23-22(25)18-8-7-11-21(16-18)28(26,27)24(2)20-9-5-4-6-10-20/h4-16H,3H2,1-2H3,(H,23,25). The summed E-state index contributed by atoms with van der Waals surface area (Å²) in [6.07, 6.45) is 0.920. The highest BCUT2D eigenvalue weighted by molar-refractivity contribution is 7.92. The number of hydrogen-bond donors (Lipinski definition) is 1. The van der Waals surface area contributed by atoms with Gasteiger partial charge in [0.15, 0.2) is 0 Å². The highest BCUT2D eigenvalue weighted by Crippen LogP contribution is 2.22. The van der Waals surface area contributed by atoms with E-state index in [1.807, 2.05) is 30.3 Å². The maximum Gasteiger partial charge on any atom is 0.264 e. The van der Waals surface area contributed by atoms with Crippen LogP contribution in [0.2, 0.25) is 0 Å². The van der Waals surface area contributed by atoms with Crippen LogP contribution >= 0.6 is 0 Å². The van der Waals surface area contributed by atoms with E-state index in [9.17, 15) is 13.2 Å². The van der Waals surface area contributed by atoms with Crippen LogP contribution < -0.4 is 9.62 Å². The zero-order valence-electron chi connectivity index (χ0n) is 15.8. The number of para-hydroxylation sites is 1. The number of nitrogens with one attached hydrogen (secondary N) is 1. The number of carbonyl (C=O) groups is 1. The summed E-state index contributed by atoms with van der Waals surface area (Å²) in [4.78, 5) is 12.6. The van der Waals surface area contributed by atoms with E-state index in [1.165, 1.54) is 29.0 Å². The van der Waals surface area contributed by atoms with Gasteiger partial charge < -0.3 is 5.32 Å². The monoisotopic (exact) mass is 394 g/mol. The first kappa shape index (κ1) is 19.6. The number of carbonyl (C=O) groups excluding carboxylic acids is 1. The number of aryl methyl sites for hydroxylation is 1. The van der Waals surface area contributed by atoms with Crippen LogP contribution in [0.1, 0.15) is 22.8 Å². The third-order valence-electron chi connectivity index (χ3n) is 4.49. The van der Waals surface area contributed by atoms with Gasteiger partial charge in [0.1, 0.15) is 0 Å². The molecule has 0 aliphatic carbocycles. The fourth-order valence-corrected chi connectivity index (χ4v) is 4.00. The van der Waals surface area contributed by atoms with E-state index in [0.717, 1.165) is 6.42 Å². The zero-order valence-corrected chi connectivity index (χ0v) is 16.6. The first-order valence-electron chi connectivity index (χ1n) is 8.96. The maximum atomic E-state index is 12.9. The quantitative estimate of drug-likeness (QED) is 0.677. The minimum Gasteiger partial charge on any atom is -0.322 e. The van der Waals surface area contributed by atoms with E-state index in [-0.39, 0.29) is 16.4 Å². The summed E-state index contributed by atoms with van der Waals surface area (Å²) >= 11 is 0. The first-order valence-corrected chi connectivity index (χ1v) is 10.4. The Labute approximate surface area is 165 Å². The van der Waals surface area contributed by atoms with Gasteiger partial charge in [-0.25, -0.2) is 8.42 Å². The van der Waals surface area contributed by atoms with Gasteiger partial charge in [-0.15, -0.1) is 0 Å². The number of nitrogens with zero attached hydrogens (tertiary/aromatic N) is 1. The SMILES string of the molecule is CCc1ccc(NC(=O)c2cccc(S(=O)(=O)N(C)c3ccccc3)c2)cc1. The average Bonchev–Trinajstić information content (AvgIpc) is 2.74. The Hall–Kier alpha value is -3.12. The molecule has 0 aliphatic rings. The van der Waals surface area contributed by atoms with Gasteiger partial charge in [0.05, 0.1) is 10.6 Å². The molecule has 0 unspecified atom stereocenters. The van der Waals surface area contributed by atoms with Crippen LogP contribution in [-0.2, 0) is 16.4 Å². The zero-order chi connectivity index (χ0) is 20.1. The number of anilines is 2. The molecule has 0 heterocycles. The van der Waals surface area contributed by atoms with Crippen LogP contribution in [0.5, 0.6) is 0 Å². The van der Waals surface area contributed by atoms with Crippen molar-refractivity contribution in [1.82, 2.24) is 0 Å². The molecule has 5 nitrogen and oxygen atoms in total. The lowest BCUT2D eigenvalue weighted by Gasteiger charge is -2.19. The molecular weight excluding hydrogens is 372 g/mol. The summed E-state index contributed by atoms with van der Waals surface area (Å²) in [7, 11) is -2.28. The molecule has 3 aromatic carbocycles. The Kier molecular flexibility index (Phi) is 5.80. The van der Waals surface area contributed by atoms with E-state index >= 15 is 0 Å². The van der Waals surface area contributed by atoms with Gasteiger partial charge in [0, 0.05) is 18.3 Å². The van der Waals surface area contributed by atoms with Crippen LogP contribution in [0.15, 0.2) is 83.8 Å². The second-order valence-electron chi connectivity index (χ2n) is 6.34. The average molecular weight is 394 g/mol. The molecule has 0 bridgehead atoms. The van der Waals surface area contributed by atoms with E-state index in [0.29, 0.717) is 11.4 Å². The number of rotatable bonds is 6. The summed E-state index contributed by atoms with van der Waals surface area (Å²) < 4.78 is 27.1. The molecule has 144 valence electrons. The van der Waals surface area contributed by atoms with Gasteiger partial charge in [-0.05, 0) is 54.4 Å². The van der Waals surface area contributed by atoms with Gasteiger partial charge in [0.2, 0.25) is 0 Å². The van der Waals surface area contributed by atoms with Crippen LogP contribution in [0.25, 0.3) is 0 Å². The van der Waals surface area contributed by atoms with Crippen molar-refractivity contribution in [1.29, 1.82) is 0 Å². The van der Waals surface area contributed by atoms with Crippen LogP contribution in [0, 0.1) is 0 Å². The Morgan fingerprint density at radius 3 is 2.25 bits per heavy atom. The van der Waals surface area contributed by atoms with E-state index < -0.39 is 10.0 Å². The van der Waals surface area contributed by atoms with Crippen molar-refractivity contribution in [3.63, 3.8) is 0 Å². The molecule has 1 N–H and O–H groups in total.